The number of carbonyl (C=O) groups is 1. The second-order valence-corrected chi connectivity index (χ2v) is 15.0. The van der Waals surface area contributed by atoms with Crippen LogP contribution < -0.4 is 19.7 Å². The lowest BCUT2D eigenvalue weighted by Crippen LogP contribution is -2.51. The molecule has 12 nitrogen and oxygen atoms in total. The zero-order valence-electron chi connectivity index (χ0n) is 24.7. The number of piperazine rings is 1. The fourth-order valence-electron chi connectivity index (χ4n) is 5.26. The topological polar surface area (TPSA) is 132 Å². The van der Waals surface area contributed by atoms with E-state index in [4.69, 9.17) is 4.74 Å². The molecule has 0 spiro atoms. The maximum atomic E-state index is 13.4. The van der Waals surface area contributed by atoms with Gasteiger partial charge in [-0.05, 0) is 36.7 Å². The number of benzene rings is 2. The fourth-order valence-corrected chi connectivity index (χ4v) is 7.23. The van der Waals surface area contributed by atoms with Crippen LogP contribution in [0.2, 0.25) is 0 Å². The molecule has 2 aromatic rings. The van der Waals surface area contributed by atoms with Crippen molar-refractivity contribution in [3.8, 4) is 5.75 Å². The lowest BCUT2D eigenvalue weighted by Gasteiger charge is -2.35. The van der Waals surface area contributed by atoms with Crippen LogP contribution in [0.25, 0.3) is 0 Å². The number of ether oxygens (including phenoxy) is 1. The minimum absolute atomic E-state index is 0.0225. The molecule has 0 bridgehead atoms. The Morgan fingerprint density at radius 1 is 0.976 bits per heavy atom. The molecule has 2 aliphatic rings. The molecular weight excluding hydrogens is 580 g/mol. The Balaban J connectivity index is 1.42. The number of nitrogens with zero attached hydrogens (tertiary/aromatic N) is 4. The first kappa shape index (κ1) is 32.2. The summed E-state index contributed by atoms with van der Waals surface area (Å²) in [7, 11) is -2.47. The smallest absolute Gasteiger partial charge is 0.257 e. The molecule has 2 N–H and O–H groups in total. The molecule has 0 saturated carbocycles. The van der Waals surface area contributed by atoms with Gasteiger partial charge in [0.05, 0.1) is 18.0 Å². The van der Waals surface area contributed by atoms with Gasteiger partial charge in [0, 0.05) is 66.5 Å². The number of nitrogens with one attached hydrogen (secondary N) is 2. The number of carbonyl (C=O) groups excluding carboxylic acids is 1. The van der Waals surface area contributed by atoms with Gasteiger partial charge < -0.3 is 19.9 Å². The van der Waals surface area contributed by atoms with Gasteiger partial charge in [-0.15, -0.1) is 0 Å². The highest BCUT2D eigenvalue weighted by Crippen LogP contribution is 2.36. The van der Waals surface area contributed by atoms with E-state index < -0.39 is 38.6 Å². The second-order valence-electron chi connectivity index (χ2n) is 11.1. The number of likely N-dealkylation sites (N-methyl/N-ethyl adjacent to an activating group) is 1. The van der Waals surface area contributed by atoms with Crippen LogP contribution in [0.4, 0.5) is 5.69 Å². The van der Waals surface area contributed by atoms with Crippen LogP contribution in [0.3, 0.4) is 0 Å². The summed E-state index contributed by atoms with van der Waals surface area (Å²) in [6.07, 6.45) is 1.96. The minimum Gasteiger partial charge on any atom is -0.482 e. The highest BCUT2D eigenvalue weighted by molar-refractivity contribution is 7.89. The number of amides is 1. The average Bonchev–Trinajstić information content (AvgIpc) is 2.94. The van der Waals surface area contributed by atoms with E-state index in [-0.39, 0.29) is 17.2 Å². The third-order valence-corrected chi connectivity index (χ3v) is 10.2. The molecule has 2 aliphatic heterocycles. The third-order valence-electron chi connectivity index (χ3n) is 7.51. The molecule has 0 radical (unpaired) electrons. The van der Waals surface area contributed by atoms with E-state index in [0.29, 0.717) is 31.9 Å². The van der Waals surface area contributed by atoms with Crippen molar-refractivity contribution in [3.63, 3.8) is 0 Å². The van der Waals surface area contributed by atoms with Crippen LogP contribution in [0.15, 0.2) is 47.4 Å². The quantitative estimate of drug-likeness (QED) is 0.340. The van der Waals surface area contributed by atoms with Crippen molar-refractivity contribution in [1.82, 2.24) is 24.1 Å². The van der Waals surface area contributed by atoms with E-state index >= 15 is 0 Å². The molecule has 1 saturated heterocycles. The molecule has 1 unspecified atom stereocenters. The maximum Gasteiger partial charge on any atom is 0.257 e. The maximum absolute atomic E-state index is 13.4. The van der Waals surface area contributed by atoms with E-state index in [9.17, 15) is 21.6 Å². The first-order chi connectivity index (χ1) is 19.8. The van der Waals surface area contributed by atoms with Crippen LogP contribution in [0.5, 0.6) is 5.75 Å². The van der Waals surface area contributed by atoms with Crippen molar-refractivity contribution in [2.45, 2.75) is 23.9 Å². The van der Waals surface area contributed by atoms with Crippen LogP contribution >= 0.6 is 0 Å². The first-order valence-electron chi connectivity index (χ1n) is 14.0. The van der Waals surface area contributed by atoms with Gasteiger partial charge in [0.1, 0.15) is 10.6 Å². The molecule has 0 aromatic heterocycles. The molecule has 14 heteroatoms. The summed E-state index contributed by atoms with van der Waals surface area (Å²) in [5.74, 6) is -0.398. The van der Waals surface area contributed by atoms with E-state index in [1.165, 1.54) is 25.2 Å². The van der Waals surface area contributed by atoms with Gasteiger partial charge in [-0.25, -0.2) is 25.9 Å². The molecule has 1 amide bonds. The average molecular weight is 623 g/mol. The Labute approximate surface area is 249 Å². The van der Waals surface area contributed by atoms with Crippen molar-refractivity contribution < 1.29 is 26.4 Å². The van der Waals surface area contributed by atoms with Gasteiger partial charge >= 0.3 is 0 Å². The van der Waals surface area contributed by atoms with E-state index in [1.54, 1.807) is 18.2 Å². The normalized spacial score (nSPS) is 17.6. The van der Waals surface area contributed by atoms with Gasteiger partial charge in [-0.2, -0.15) is 0 Å². The van der Waals surface area contributed by atoms with Crippen LogP contribution in [-0.2, 0) is 37.8 Å². The number of anilines is 1. The van der Waals surface area contributed by atoms with E-state index in [0.717, 1.165) is 36.6 Å². The Morgan fingerprint density at radius 2 is 1.67 bits per heavy atom. The van der Waals surface area contributed by atoms with E-state index in [2.05, 4.69) is 32.0 Å². The number of rotatable bonds is 12. The second kappa shape index (κ2) is 13.7. The Hall–Kier alpha value is -2.75. The number of hydrogen-bond donors (Lipinski definition) is 2. The molecular formula is C28H42N6O6S2. The van der Waals surface area contributed by atoms with Crippen molar-refractivity contribution in [1.29, 1.82) is 0 Å². The van der Waals surface area contributed by atoms with Crippen LogP contribution in [0, 0.1) is 0 Å². The summed E-state index contributed by atoms with van der Waals surface area (Å²) in [6.45, 7) is 4.43. The molecule has 42 heavy (non-hydrogen) atoms. The molecule has 1 fully saturated rings. The number of sulfonamides is 2. The molecule has 4 rings (SSSR count). The largest absolute Gasteiger partial charge is 0.482 e. The van der Waals surface area contributed by atoms with Crippen molar-refractivity contribution >= 4 is 31.6 Å². The Bertz CT molecular complexity index is 1460. The minimum atomic E-state index is -3.89. The predicted octanol–water partition coefficient (Wildman–Crippen LogP) is 0.160. The zero-order chi connectivity index (χ0) is 30.5. The third kappa shape index (κ3) is 8.42. The van der Waals surface area contributed by atoms with Crippen molar-refractivity contribution in [2.24, 2.45) is 0 Å². The zero-order valence-corrected chi connectivity index (χ0v) is 26.4. The number of fused-ring (bicyclic) bond motifs is 1. The van der Waals surface area contributed by atoms with Gasteiger partial charge in [-0.3, -0.25) is 9.69 Å². The van der Waals surface area contributed by atoms with Crippen LogP contribution in [0.1, 0.15) is 11.1 Å². The first-order valence-corrected chi connectivity index (χ1v) is 17.3. The summed E-state index contributed by atoms with van der Waals surface area (Å²) in [6, 6.07) is 12.7. The SMILES string of the molecule is CN1CCN(c2cccc(OCC(=O)NCC(CN3CCc4ccccc4C3)NS(C)(=O)=O)c2S(=O)(=O)N(C)C)CC1. The van der Waals surface area contributed by atoms with Gasteiger partial charge in [0.25, 0.3) is 5.91 Å². The molecule has 2 aromatic carbocycles. The van der Waals surface area contributed by atoms with Gasteiger partial charge in [0.15, 0.2) is 6.61 Å². The Morgan fingerprint density at radius 3 is 2.33 bits per heavy atom. The summed E-state index contributed by atoms with van der Waals surface area (Å²) in [5.41, 5.74) is 3.04. The summed E-state index contributed by atoms with van der Waals surface area (Å²) >= 11 is 0. The highest BCUT2D eigenvalue weighted by Gasteiger charge is 2.30. The summed E-state index contributed by atoms with van der Waals surface area (Å²) in [4.78, 5) is 19.2. The standard InChI is InChI=1S/C28H42N6O6S2/c1-31(2)42(38,39)28-25(34-16-14-32(3)15-17-34)10-7-11-26(28)40-21-27(35)29-18-24(30-41(4,36)37)20-33-13-12-22-8-5-6-9-23(22)19-33/h5-11,24,30H,12-21H2,1-4H3,(H,29,35). The van der Waals surface area contributed by atoms with Crippen molar-refractivity contribution in [2.75, 3.05) is 84.7 Å². The molecule has 1 atom stereocenters. The van der Waals surface area contributed by atoms with E-state index in [1.807, 2.05) is 24.1 Å². The monoisotopic (exact) mass is 622 g/mol. The summed E-state index contributed by atoms with van der Waals surface area (Å²) < 4.78 is 60.5. The van der Waals surface area contributed by atoms with Crippen molar-refractivity contribution in [3.05, 3.63) is 53.6 Å². The van der Waals surface area contributed by atoms with Gasteiger partial charge in [-0.1, -0.05) is 30.3 Å². The molecule has 0 aliphatic carbocycles. The lowest BCUT2D eigenvalue weighted by molar-refractivity contribution is -0.123. The number of hydrogen-bond acceptors (Lipinski definition) is 9. The van der Waals surface area contributed by atoms with Gasteiger partial charge in [0.2, 0.25) is 20.0 Å². The predicted molar refractivity (Wildman–Crippen MR) is 163 cm³/mol. The Kier molecular flexibility index (Phi) is 10.5. The highest BCUT2D eigenvalue weighted by atomic mass is 32.2. The molecule has 232 valence electrons. The summed E-state index contributed by atoms with van der Waals surface area (Å²) in [5, 5.41) is 2.75. The van der Waals surface area contributed by atoms with Crippen LogP contribution in [-0.4, -0.2) is 123 Å². The molecule has 2 heterocycles. The fraction of sp³-hybridized carbons (Fsp3) is 0.536. The lowest BCUT2D eigenvalue weighted by atomic mass is 9.99.